The molecular weight excluding hydrogens is 592 g/mol. The maximum Gasteiger partial charge on any atom is 0.254 e. The summed E-state index contributed by atoms with van der Waals surface area (Å²) < 4.78 is 61.1. The van der Waals surface area contributed by atoms with Crippen LogP contribution in [0.4, 0.5) is 17.6 Å². The van der Waals surface area contributed by atoms with Gasteiger partial charge in [0.15, 0.2) is 23.3 Å². The van der Waals surface area contributed by atoms with Gasteiger partial charge in [-0.15, -0.1) is 0 Å². The Morgan fingerprint density at radius 3 is 1.13 bits per heavy atom. The molecule has 2 amide bonds. The number of allylic oxidation sites excluding steroid dienone is 4. The van der Waals surface area contributed by atoms with Crippen molar-refractivity contribution >= 4 is 23.0 Å². The van der Waals surface area contributed by atoms with Crippen LogP contribution in [0, 0.1) is 23.3 Å². The van der Waals surface area contributed by atoms with Crippen LogP contribution < -0.4 is 0 Å². The predicted molar refractivity (Wildman–Crippen MR) is 173 cm³/mol. The van der Waals surface area contributed by atoms with E-state index in [1.54, 1.807) is 70.5 Å². The number of amides is 2. The van der Waals surface area contributed by atoms with Gasteiger partial charge in [0.05, 0.1) is 0 Å². The van der Waals surface area contributed by atoms with Crippen molar-refractivity contribution in [3.8, 4) is 0 Å². The first kappa shape index (κ1) is 33.2. The van der Waals surface area contributed by atoms with Crippen LogP contribution in [0.15, 0.2) is 60.7 Å². The normalized spacial score (nSPS) is 17.0. The van der Waals surface area contributed by atoms with Crippen LogP contribution in [0.25, 0.3) is 11.1 Å². The lowest BCUT2D eigenvalue weighted by Crippen LogP contribution is -2.42. The SMILES string of the molecule is CC(C)N(C(=O)c1ccccc1C1=C[C@H]2C(c3ccccc3C(=O)N(C(C)C)C(C)C)=CC1c1c(F)c(F)c(F)c(F)c12)C(C)C. The van der Waals surface area contributed by atoms with E-state index >= 15 is 8.78 Å². The van der Waals surface area contributed by atoms with Crippen LogP contribution in [0.5, 0.6) is 0 Å². The zero-order chi connectivity index (χ0) is 33.8. The molecule has 3 aromatic rings. The number of rotatable bonds is 8. The number of hydrogen-bond donors (Lipinski definition) is 0. The van der Waals surface area contributed by atoms with Gasteiger partial charge in [-0.1, -0.05) is 48.6 Å². The standard InChI is InChI=1S/C38H40F4N2O2/c1-19(2)43(20(3)4)37(45)25-15-11-9-13-23(25)27-17-30-28(18-29(27)31-32(30)34(40)36(42)35(41)33(31)39)24-14-10-12-16-26(24)38(46)44(21(5)6)22(7)8/h9-22,29-30H,1-8H3/t29-,30?/m0/s1. The van der Waals surface area contributed by atoms with Gasteiger partial charge in [0.25, 0.3) is 11.8 Å². The van der Waals surface area contributed by atoms with E-state index in [4.69, 9.17) is 0 Å². The molecule has 4 nitrogen and oxygen atoms in total. The number of carbonyl (C=O) groups is 2. The van der Waals surface area contributed by atoms with Crippen LogP contribution in [0.2, 0.25) is 0 Å². The Morgan fingerprint density at radius 1 is 0.522 bits per heavy atom. The number of nitrogens with zero attached hydrogens (tertiary/aromatic N) is 2. The van der Waals surface area contributed by atoms with E-state index in [2.05, 4.69) is 0 Å². The summed E-state index contributed by atoms with van der Waals surface area (Å²) in [7, 11) is 0. The molecule has 3 aliphatic carbocycles. The lowest BCUT2D eigenvalue weighted by Gasteiger charge is -2.40. The molecular formula is C38H40F4N2O2. The number of halogens is 4. The summed E-state index contributed by atoms with van der Waals surface area (Å²) in [4.78, 5) is 31.4. The minimum absolute atomic E-state index is 0.113. The highest BCUT2D eigenvalue weighted by molar-refractivity contribution is 6.04. The molecule has 0 saturated carbocycles. The molecule has 2 atom stereocenters. The third-order valence-corrected chi connectivity index (χ3v) is 8.96. The molecule has 8 heteroatoms. The van der Waals surface area contributed by atoms with Crippen LogP contribution in [-0.2, 0) is 0 Å². The van der Waals surface area contributed by atoms with E-state index in [-0.39, 0.29) is 47.1 Å². The lowest BCUT2D eigenvalue weighted by atomic mass is 9.64. The van der Waals surface area contributed by atoms with Crippen molar-refractivity contribution < 1.29 is 27.2 Å². The van der Waals surface area contributed by atoms with Gasteiger partial charge in [-0.3, -0.25) is 9.59 Å². The smallest absolute Gasteiger partial charge is 0.254 e. The van der Waals surface area contributed by atoms with Gasteiger partial charge in [0.1, 0.15) is 0 Å². The van der Waals surface area contributed by atoms with Crippen molar-refractivity contribution in [1.82, 2.24) is 9.80 Å². The van der Waals surface area contributed by atoms with Crippen LogP contribution in [-0.4, -0.2) is 45.8 Å². The molecule has 0 saturated heterocycles. The minimum atomic E-state index is -1.88. The Morgan fingerprint density at radius 2 is 0.826 bits per heavy atom. The Bertz CT molecular complexity index is 1630. The molecule has 6 rings (SSSR count). The first-order chi connectivity index (χ1) is 21.7. The predicted octanol–water partition coefficient (Wildman–Crippen LogP) is 9.12. The van der Waals surface area contributed by atoms with Crippen LogP contribution >= 0.6 is 0 Å². The first-order valence-corrected chi connectivity index (χ1v) is 15.8. The van der Waals surface area contributed by atoms with E-state index in [0.29, 0.717) is 33.4 Å². The molecule has 3 aliphatic rings. The fourth-order valence-corrected chi connectivity index (χ4v) is 7.26. The maximum absolute atomic E-state index is 15.7. The molecule has 0 aromatic heterocycles. The molecule has 0 radical (unpaired) electrons. The number of hydrogen-bond acceptors (Lipinski definition) is 2. The fourth-order valence-electron chi connectivity index (χ4n) is 7.26. The first-order valence-electron chi connectivity index (χ1n) is 15.8. The average molecular weight is 633 g/mol. The lowest BCUT2D eigenvalue weighted by molar-refractivity contribution is 0.0634. The number of benzene rings is 3. The molecule has 0 fully saturated rings. The van der Waals surface area contributed by atoms with Crippen LogP contribution in [0.1, 0.15) is 110 Å². The largest absolute Gasteiger partial charge is 0.334 e. The highest BCUT2D eigenvalue weighted by Crippen LogP contribution is 2.56. The van der Waals surface area contributed by atoms with Crippen molar-refractivity contribution in [2.24, 2.45) is 0 Å². The highest BCUT2D eigenvalue weighted by Gasteiger charge is 2.44. The van der Waals surface area contributed by atoms with Gasteiger partial charge in [0, 0.05) is 58.3 Å². The second kappa shape index (κ2) is 12.5. The van der Waals surface area contributed by atoms with Gasteiger partial charge in [-0.05, 0) is 89.8 Å². The third kappa shape index (κ3) is 5.35. The summed E-state index contributed by atoms with van der Waals surface area (Å²) in [6.07, 6.45) is 3.40. The van der Waals surface area contributed by atoms with Crippen molar-refractivity contribution in [3.63, 3.8) is 0 Å². The molecule has 2 bridgehead atoms. The van der Waals surface area contributed by atoms with Gasteiger partial charge in [-0.2, -0.15) is 0 Å². The van der Waals surface area contributed by atoms with E-state index in [1.165, 1.54) is 0 Å². The second-order valence-electron chi connectivity index (χ2n) is 13.2. The quantitative estimate of drug-likeness (QED) is 0.141. The Hall–Kier alpha value is -4.20. The van der Waals surface area contributed by atoms with Crippen LogP contribution in [0.3, 0.4) is 0 Å². The summed E-state index contributed by atoms with van der Waals surface area (Å²) >= 11 is 0. The van der Waals surface area contributed by atoms with Crippen molar-refractivity contribution in [1.29, 1.82) is 0 Å². The zero-order valence-corrected chi connectivity index (χ0v) is 27.5. The highest BCUT2D eigenvalue weighted by atomic mass is 19.2. The number of carbonyl (C=O) groups excluding carboxylic acids is 2. The average Bonchev–Trinajstić information content (AvgIpc) is 3.01. The molecule has 1 unspecified atom stereocenters. The van der Waals surface area contributed by atoms with E-state index in [0.717, 1.165) is 0 Å². The molecule has 46 heavy (non-hydrogen) atoms. The van der Waals surface area contributed by atoms with Gasteiger partial charge in [0.2, 0.25) is 0 Å². The summed E-state index contributed by atoms with van der Waals surface area (Å²) in [6, 6.07) is 13.4. The summed E-state index contributed by atoms with van der Waals surface area (Å²) in [5.74, 6) is -9.28. The Balaban J connectivity index is 1.74. The van der Waals surface area contributed by atoms with Crippen molar-refractivity contribution in [3.05, 3.63) is 117 Å². The molecule has 0 N–H and O–H groups in total. The second-order valence-corrected chi connectivity index (χ2v) is 13.2. The van der Waals surface area contributed by atoms with E-state index in [1.807, 2.05) is 55.4 Å². The molecule has 242 valence electrons. The van der Waals surface area contributed by atoms with Gasteiger partial charge >= 0.3 is 0 Å². The summed E-state index contributed by atoms with van der Waals surface area (Å²) in [5, 5.41) is 0. The maximum atomic E-state index is 15.7. The molecule has 3 aromatic carbocycles. The summed E-state index contributed by atoms with van der Waals surface area (Å²) in [5.41, 5.74) is 2.08. The molecule has 0 aliphatic heterocycles. The Kier molecular flexibility index (Phi) is 9.04. The van der Waals surface area contributed by atoms with E-state index in [9.17, 15) is 18.4 Å². The Labute approximate surface area is 268 Å². The minimum Gasteiger partial charge on any atom is -0.334 e. The third-order valence-electron chi connectivity index (χ3n) is 8.96. The van der Waals surface area contributed by atoms with Crippen molar-refractivity contribution in [2.75, 3.05) is 0 Å². The fraction of sp³-hybridized carbons (Fsp3) is 0.368. The molecule has 0 heterocycles. The topological polar surface area (TPSA) is 40.6 Å². The monoisotopic (exact) mass is 632 g/mol. The molecule has 0 spiro atoms. The zero-order valence-electron chi connectivity index (χ0n) is 27.5. The van der Waals surface area contributed by atoms with Crippen molar-refractivity contribution in [2.45, 2.75) is 91.4 Å². The van der Waals surface area contributed by atoms with Gasteiger partial charge < -0.3 is 9.80 Å². The van der Waals surface area contributed by atoms with E-state index < -0.39 is 35.1 Å². The summed E-state index contributed by atoms with van der Waals surface area (Å²) in [6.45, 7) is 15.3. The van der Waals surface area contributed by atoms with Gasteiger partial charge in [-0.25, -0.2) is 17.6 Å².